The zero-order chi connectivity index (χ0) is 21.0. The molecule has 0 radical (unpaired) electrons. The van der Waals surface area contributed by atoms with E-state index in [0.717, 1.165) is 11.1 Å². The van der Waals surface area contributed by atoms with Gasteiger partial charge in [-0.1, -0.05) is 42.5 Å². The van der Waals surface area contributed by atoms with Crippen LogP contribution in [0.3, 0.4) is 0 Å². The fourth-order valence-electron chi connectivity index (χ4n) is 2.98. The number of carbonyl (C=O) groups excluding carboxylic acids is 2. The van der Waals surface area contributed by atoms with Crippen LogP contribution in [0.4, 0.5) is 4.79 Å². The summed E-state index contributed by atoms with van der Waals surface area (Å²) in [6.45, 7) is 6.14. The summed E-state index contributed by atoms with van der Waals surface area (Å²) >= 11 is 3.46. The van der Waals surface area contributed by atoms with Crippen molar-refractivity contribution in [3.8, 4) is 11.5 Å². The monoisotopic (exact) mass is 456 g/mol. The zero-order valence-corrected chi connectivity index (χ0v) is 17.8. The lowest BCUT2D eigenvalue weighted by molar-refractivity contribution is -0.123. The van der Waals surface area contributed by atoms with Gasteiger partial charge in [-0.25, -0.2) is 4.79 Å². The summed E-state index contributed by atoms with van der Waals surface area (Å²) in [7, 11) is 1.53. The third-order valence-corrected chi connectivity index (χ3v) is 4.88. The molecule has 150 valence electrons. The van der Waals surface area contributed by atoms with E-state index >= 15 is 0 Å². The Morgan fingerprint density at radius 2 is 2.03 bits per heavy atom. The molecule has 1 aliphatic heterocycles. The number of ether oxygens (including phenoxy) is 2. The van der Waals surface area contributed by atoms with Crippen LogP contribution in [0.5, 0.6) is 11.5 Å². The molecule has 0 unspecified atom stereocenters. The van der Waals surface area contributed by atoms with Gasteiger partial charge in [0, 0.05) is 0 Å². The highest BCUT2D eigenvalue weighted by atomic mass is 79.9. The Morgan fingerprint density at radius 1 is 1.24 bits per heavy atom. The number of nitrogens with zero attached hydrogens (tertiary/aromatic N) is 1. The van der Waals surface area contributed by atoms with E-state index in [1.807, 2.05) is 31.2 Å². The predicted octanol–water partition coefficient (Wildman–Crippen LogP) is 4.42. The third kappa shape index (κ3) is 4.68. The lowest BCUT2D eigenvalue weighted by Crippen LogP contribution is -2.30. The van der Waals surface area contributed by atoms with Gasteiger partial charge in [-0.15, -0.1) is 0 Å². The standard InChI is InChI=1S/C22H21BrN2O4/c1-4-8-29-20-17(23)10-16(12-19(20)28-3)11-18-21(26)25(22(27)24-18)13-15-7-5-6-14(2)9-15/h4-7,9-12H,1,8,13H2,2-3H3,(H,24,27)/b18-11+. The number of benzene rings is 2. The van der Waals surface area contributed by atoms with Crippen molar-refractivity contribution in [1.29, 1.82) is 0 Å². The van der Waals surface area contributed by atoms with E-state index in [1.54, 1.807) is 24.3 Å². The molecule has 29 heavy (non-hydrogen) atoms. The first kappa shape index (κ1) is 20.7. The van der Waals surface area contributed by atoms with Gasteiger partial charge in [0.05, 0.1) is 18.1 Å². The van der Waals surface area contributed by atoms with Crippen LogP contribution >= 0.6 is 15.9 Å². The Morgan fingerprint density at radius 3 is 2.72 bits per heavy atom. The highest BCUT2D eigenvalue weighted by Gasteiger charge is 2.33. The number of hydrogen-bond donors (Lipinski definition) is 1. The van der Waals surface area contributed by atoms with E-state index in [0.29, 0.717) is 28.1 Å². The summed E-state index contributed by atoms with van der Waals surface area (Å²) in [5, 5.41) is 2.64. The molecule has 0 atom stereocenters. The first-order valence-corrected chi connectivity index (χ1v) is 9.73. The zero-order valence-electron chi connectivity index (χ0n) is 16.2. The van der Waals surface area contributed by atoms with Crippen LogP contribution in [-0.4, -0.2) is 30.6 Å². The second-order valence-electron chi connectivity index (χ2n) is 6.50. The number of aryl methyl sites for hydroxylation is 1. The van der Waals surface area contributed by atoms with Gasteiger partial charge in [-0.2, -0.15) is 0 Å². The number of methoxy groups -OCH3 is 1. The Labute approximate surface area is 177 Å². The fourth-order valence-corrected chi connectivity index (χ4v) is 3.55. The second kappa shape index (κ2) is 8.96. The highest BCUT2D eigenvalue weighted by molar-refractivity contribution is 9.10. The van der Waals surface area contributed by atoms with Gasteiger partial charge < -0.3 is 14.8 Å². The van der Waals surface area contributed by atoms with Crippen LogP contribution in [0, 0.1) is 6.92 Å². The van der Waals surface area contributed by atoms with Gasteiger partial charge in [0.25, 0.3) is 5.91 Å². The van der Waals surface area contributed by atoms with E-state index in [4.69, 9.17) is 9.47 Å². The van der Waals surface area contributed by atoms with Crippen LogP contribution in [0.25, 0.3) is 6.08 Å². The Bertz CT molecular complexity index is 1000. The number of hydrogen-bond acceptors (Lipinski definition) is 4. The van der Waals surface area contributed by atoms with Crippen molar-refractivity contribution in [1.82, 2.24) is 10.2 Å². The number of halogens is 1. The number of imide groups is 1. The molecule has 0 saturated carbocycles. The summed E-state index contributed by atoms with van der Waals surface area (Å²) in [5.41, 5.74) is 2.85. The van der Waals surface area contributed by atoms with E-state index in [9.17, 15) is 9.59 Å². The molecule has 3 amide bonds. The molecule has 1 fully saturated rings. The van der Waals surface area contributed by atoms with Crippen molar-refractivity contribution < 1.29 is 19.1 Å². The Balaban J connectivity index is 1.85. The van der Waals surface area contributed by atoms with Gasteiger partial charge in [0.2, 0.25) is 0 Å². The SMILES string of the molecule is C=CCOc1c(Br)cc(/C=C2/NC(=O)N(Cc3cccc(C)c3)C2=O)cc1OC. The molecule has 2 aromatic rings. The molecule has 1 saturated heterocycles. The first-order valence-electron chi connectivity index (χ1n) is 8.94. The van der Waals surface area contributed by atoms with Crippen LogP contribution in [0.1, 0.15) is 16.7 Å². The lowest BCUT2D eigenvalue weighted by atomic mass is 10.1. The molecule has 3 rings (SSSR count). The van der Waals surface area contributed by atoms with Gasteiger partial charge in [0.1, 0.15) is 12.3 Å². The van der Waals surface area contributed by atoms with Crippen molar-refractivity contribution in [2.75, 3.05) is 13.7 Å². The average Bonchev–Trinajstić information content (AvgIpc) is 2.94. The summed E-state index contributed by atoms with van der Waals surface area (Å²) in [6.07, 6.45) is 3.25. The maximum Gasteiger partial charge on any atom is 0.329 e. The highest BCUT2D eigenvalue weighted by Crippen LogP contribution is 2.37. The average molecular weight is 457 g/mol. The second-order valence-corrected chi connectivity index (χ2v) is 7.36. The van der Waals surface area contributed by atoms with Gasteiger partial charge >= 0.3 is 6.03 Å². The first-order chi connectivity index (χ1) is 13.9. The number of carbonyl (C=O) groups is 2. The van der Waals surface area contributed by atoms with Crippen LogP contribution in [-0.2, 0) is 11.3 Å². The molecule has 1 aliphatic rings. The topological polar surface area (TPSA) is 67.9 Å². The van der Waals surface area contributed by atoms with Crippen LogP contribution in [0.15, 0.2) is 59.2 Å². The predicted molar refractivity (Wildman–Crippen MR) is 115 cm³/mol. The smallest absolute Gasteiger partial charge is 0.329 e. The van der Waals surface area contributed by atoms with Crippen molar-refractivity contribution in [2.24, 2.45) is 0 Å². The quantitative estimate of drug-likeness (QED) is 0.380. The number of urea groups is 1. The largest absolute Gasteiger partial charge is 0.493 e. The fraction of sp³-hybridized carbons (Fsp3) is 0.182. The normalized spacial score (nSPS) is 14.9. The maximum absolute atomic E-state index is 12.8. The summed E-state index contributed by atoms with van der Waals surface area (Å²) in [4.78, 5) is 26.3. The number of nitrogens with one attached hydrogen (secondary N) is 1. The Kier molecular flexibility index (Phi) is 6.39. The number of amides is 3. The lowest BCUT2D eigenvalue weighted by Gasteiger charge is -2.13. The Hall–Kier alpha value is -3.06. The van der Waals surface area contributed by atoms with Gasteiger partial charge in [-0.05, 0) is 52.2 Å². The number of rotatable bonds is 7. The molecule has 0 aromatic heterocycles. The van der Waals surface area contributed by atoms with Crippen molar-refractivity contribution in [3.05, 3.63) is 75.9 Å². The minimum Gasteiger partial charge on any atom is -0.493 e. The molecule has 1 heterocycles. The summed E-state index contributed by atoms with van der Waals surface area (Å²) in [6, 6.07) is 10.8. The van der Waals surface area contributed by atoms with Crippen molar-refractivity contribution in [2.45, 2.75) is 13.5 Å². The molecular weight excluding hydrogens is 436 g/mol. The van der Waals surface area contributed by atoms with Crippen molar-refractivity contribution >= 4 is 33.9 Å². The van der Waals surface area contributed by atoms with Gasteiger partial charge in [-0.3, -0.25) is 9.69 Å². The summed E-state index contributed by atoms with van der Waals surface area (Å²) in [5.74, 6) is 0.664. The molecule has 7 heteroatoms. The van der Waals surface area contributed by atoms with Crippen molar-refractivity contribution in [3.63, 3.8) is 0 Å². The molecule has 0 aliphatic carbocycles. The molecule has 1 N–H and O–H groups in total. The third-order valence-electron chi connectivity index (χ3n) is 4.29. The molecule has 2 aromatic carbocycles. The summed E-state index contributed by atoms with van der Waals surface area (Å²) < 4.78 is 11.7. The van der Waals surface area contributed by atoms with Crippen LogP contribution in [0.2, 0.25) is 0 Å². The van der Waals surface area contributed by atoms with E-state index in [2.05, 4.69) is 27.8 Å². The maximum atomic E-state index is 12.8. The molecule has 0 spiro atoms. The van der Waals surface area contributed by atoms with E-state index < -0.39 is 6.03 Å². The minimum absolute atomic E-state index is 0.205. The minimum atomic E-state index is -0.445. The molecule has 0 bridgehead atoms. The van der Waals surface area contributed by atoms with Gasteiger partial charge in [0.15, 0.2) is 11.5 Å². The van der Waals surface area contributed by atoms with Crippen LogP contribution < -0.4 is 14.8 Å². The van der Waals surface area contributed by atoms with E-state index in [1.165, 1.54) is 12.0 Å². The van der Waals surface area contributed by atoms with E-state index in [-0.39, 0.29) is 18.1 Å². The molecule has 6 nitrogen and oxygen atoms in total. The molecular formula is C22H21BrN2O4.